The van der Waals surface area contributed by atoms with Crippen molar-refractivity contribution in [1.29, 1.82) is 0 Å². The smallest absolute Gasteiger partial charge is 0.332 e. The summed E-state index contributed by atoms with van der Waals surface area (Å²) >= 11 is 0. The van der Waals surface area contributed by atoms with E-state index >= 15 is 0 Å². The van der Waals surface area contributed by atoms with Crippen molar-refractivity contribution in [3.63, 3.8) is 0 Å². The van der Waals surface area contributed by atoms with Crippen molar-refractivity contribution >= 4 is 16.0 Å². The van der Waals surface area contributed by atoms with E-state index in [-0.39, 0.29) is 10.9 Å². The molecular weight excluding hydrogens is 148 g/mol. The van der Waals surface area contributed by atoms with Crippen molar-refractivity contribution in [2.24, 2.45) is 0 Å². The fraction of sp³-hybridized carbons (Fsp3) is 0.857. The Balaban J connectivity index is 3.22. The number of carbonyl (C=O) groups excluding carboxylic acids is 1. The van der Waals surface area contributed by atoms with Gasteiger partial charge in [0.25, 0.3) is 0 Å². The summed E-state index contributed by atoms with van der Waals surface area (Å²) < 4.78 is 5.04. The van der Waals surface area contributed by atoms with Crippen LogP contribution in [0.2, 0.25) is 0 Å². The van der Waals surface area contributed by atoms with Crippen LogP contribution in [0, 0.1) is 0 Å². The Morgan fingerprint density at radius 2 is 2.10 bits per heavy atom. The average Bonchev–Trinajstić information content (AvgIpc) is 1.88. The van der Waals surface area contributed by atoms with Gasteiger partial charge in [-0.1, -0.05) is 0 Å². The molecule has 0 heterocycles. The first-order chi connectivity index (χ1) is 4.68. The second-order valence-electron chi connectivity index (χ2n) is 2.14. The van der Waals surface area contributed by atoms with Gasteiger partial charge in [-0.25, -0.2) is 4.79 Å². The maximum absolute atomic E-state index is 10.9. The third-order valence-electron chi connectivity index (χ3n) is 1.11. The molecule has 0 N–H and O–H groups in total. The highest BCUT2D eigenvalue weighted by Gasteiger charge is 2.15. The number of carbonyl (C=O) groups is 1. The third-order valence-corrected chi connectivity index (χ3v) is 2.22. The van der Waals surface area contributed by atoms with Crippen LogP contribution >= 0.6 is 0 Å². The Morgan fingerprint density at radius 3 is 2.50 bits per heavy atom. The van der Waals surface area contributed by atoms with Gasteiger partial charge in [-0.3, -0.25) is 0 Å². The van der Waals surface area contributed by atoms with Crippen molar-refractivity contribution < 1.29 is 9.53 Å². The maximum atomic E-state index is 10.9. The monoisotopic (exact) mass is 163 g/mol. The molecule has 3 heteroatoms. The van der Waals surface area contributed by atoms with E-state index in [1.54, 1.807) is 0 Å². The van der Waals surface area contributed by atoms with E-state index in [4.69, 9.17) is 4.74 Å². The third kappa shape index (κ3) is 4.82. The summed E-state index contributed by atoms with van der Waals surface area (Å²) in [5, 5.41) is 0.313. The Kier molecular flexibility index (Phi) is 5.73. The lowest BCUT2D eigenvalue weighted by atomic mass is 10.5. The zero-order valence-electron chi connectivity index (χ0n) is 6.85. The zero-order valence-corrected chi connectivity index (χ0v) is 7.66. The molecule has 0 fully saturated rings. The van der Waals surface area contributed by atoms with E-state index in [2.05, 4.69) is 0 Å². The average molecular weight is 163 g/mol. The Bertz CT molecular complexity index is 102. The number of ether oxygens (including phenoxy) is 1. The Morgan fingerprint density at radius 1 is 1.50 bits per heavy atom. The van der Waals surface area contributed by atoms with Crippen molar-refractivity contribution in [3.8, 4) is 0 Å². The molecule has 0 unspecified atom stereocenters. The molecule has 0 aromatic rings. The standard InChI is InChI=1S/C7H15O2S/c1-4-9-6-5-7(8)10(2)3/h4-6H2,1-3H3/q+1. The van der Waals surface area contributed by atoms with Crippen LogP contribution in [0.15, 0.2) is 0 Å². The van der Waals surface area contributed by atoms with Gasteiger partial charge in [0.15, 0.2) is 0 Å². The van der Waals surface area contributed by atoms with Crippen molar-refractivity contribution in [2.75, 3.05) is 25.7 Å². The molecule has 0 aromatic carbocycles. The molecule has 2 nitrogen and oxygen atoms in total. The molecule has 0 rings (SSSR count). The van der Waals surface area contributed by atoms with Crippen molar-refractivity contribution in [2.45, 2.75) is 13.3 Å². The number of rotatable bonds is 4. The highest BCUT2D eigenvalue weighted by molar-refractivity contribution is 8.09. The summed E-state index contributed by atoms with van der Waals surface area (Å²) in [4.78, 5) is 10.9. The lowest BCUT2D eigenvalue weighted by Crippen LogP contribution is -2.13. The van der Waals surface area contributed by atoms with E-state index in [0.29, 0.717) is 24.7 Å². The van der Waals surface area contributed by atoms with Gasteiger partial charge in [0, 0.05) is 6.61 Å². The molecule has 0 aliphatic heterocycles. The molecule has 0 radical (unpaired) electrons. The van der Waals surface area contributed by atoms with E-state index in [1.165, 1.54) is 0 Å². The van der Waals surface area contributed by atoms with Crippen LogP contribution < -0.4 is 0 Å². The SMILES string of the molecule is CCOCCC(=O)[S+](C)C. The number of hydrogen-bond acceptors (Lipinski definition) is 2. The summed E-state index contributed by atoms with van der Waals surface area (Å²) in [6, 6.07) is 0. The van der Waals surface area contributed by atoms with Crippen LogP contribution in [0.4, 0.5) is 0 Å². The molecule has 10 heavy (non-hydrogen) atoms. The summed E-state index contributed by atoms with van der Waals surface area (Å²) in [7, 11) is -0.0827. The summed E-state index contributed by atoms with van der Waals surface area (Å²) in [5.41, 5.74) is 0. The Hall–Kier alpha value is -0.0200. The summed E-state index contributed by atoms with van der Waals surface area (Å²) in [6.45, 7) is 3.22. The zero-order chi connectivity index (χ0) is 7.98. The first kappa shape index (κ1) is 9.98. The van der Waals surface area contributed by atoms with Crippen LogP contribution in [-0.2, 0) is 20.4 Å². The second-order valence-corrected chi connectivity index (χ2v) is 4.22. The Labute approximate surface area is 65.3 Å². The molecule has 60 valence electrons. The summed E-state index contributed by atoms with van der Waals surface area (Å²) in [5.74, 6) is 0. The summed E-state index contributed by atoms with van der Waals surface area (Å²) in [6.07, 6.45) is 4.45. The lowest BCUT2D eigenvalue weighted by Gasteiger charge is -1.96. The van der Waals surface area contributed by atoms with E-state index in [9.17, 15) is 4.79 Å². The molecule has 0 aliphatic carbocycles. The molecule has 0 amide bonds. The van der Waals surface area contributed by atoms with E-state index in [1.807, 2.05) is 19.4 Å². The van der Waals surface area contributed by atoms with Crippen LogP contribution in [0.25, 0.3) is 0 Å². The molecule has 0 atom stereocenters. The maximum Gasteiger partial charge on any atom is 0.332 e. The van der Waals surface area contributed by atoms with Crippen LogP contribution in [0.3, 0.4) is 0 Å². The van der Waals surface area contributed by atoms with Gasteiger partial charge < -0.3 is 4.74 Å². The fourth-order valence-electron chi connectivity index (χ4n) is 0.504. The van der Waals surface area contributed by atoms with E-state index in [0.717, 1.165) is 0 Å². The van der Waals surface area contributed by atoms with Crippen LogP contribution in [0.1, 0.15) is 13.3 Å². The van der Waals surface area contributed by atoms with Crippen molar-refractivity contribution in [1.82, 2.24) is 0 Å². The highest BCUT2D eigenvalue weighted by Crippen LogP contribution is 1.93. The molecule has 0 bridgehead atoms. The minimum absolute atomic E-state index is 0.0827. The second kappa shape index (κ2) is 5.74. The van der Waals surface area contributed by atoms with Gasteiger partial charge in [0.1, 0.15) is 12.5 Å². The van der Waals surface area contributed by atoms with Gasteiger partial charge in [0.2, 0.25) is 0 Å². The largest absolute Gasteiger partial charge is 0.381 e. The van der Waals surface area contributed by atoms with Gasteiger partial charge >= 0.3 is 5.12 Å². The van der Waals surface area contributed by atoms with Gasteiger partial charge in [-0.2, -0.15) is 0 Å². The molecule has 0 saturated carbocycles. The minimum atomic E-state index is -0.0827. The van der Waals surface area contributed by atoms with Crippen LogP contribution in [0.5, 0.6) is 0 Å². The highest BCUT2D eigenvalue weighted by atomic mass is 32.2. The minimum Gasteiger partial charge on any atom is -0.381 e. The molecule has 0 saturated heterocycles. The quantitative estimate of drug-likeness (QED) is 0.453. The fourth-order valence-corrected chi connectivity index (χ4v) is 0.996. The van der Waals surface area contributed by atoms with Gasteiger partial charge in [-0.15, -0.1) is 0 Å². The first-order valence-corrected chi connectivity index (χ1v) is 5.40. The van der Waals surface area contributed by atoms with Crippen LogP contribution in [-0.4, -0.2) is 30.8 Å². The van der Waals surface area contributed by atoms with E-state index < -0.39 is 0 Å². The number of hydrogen-bond donors (Lipinski definition) is 0. The first-order valence-electron chi connectivity index (χ1n) is 3.36. The predicted octanol–water partition coefficient (Wildman–Crippen LogP) is 0.818. The van der Waals surface area contributed by atoms with Crippen molar-refractivity contribution in [3.05, 3.63) is 0 Å². The normalized spacial score (nSPS) is 10.4. The predicted molar refractivity (Wildman–Crippen MR) is 45.3 cm³/mol. The lowest BCUT2D eigenvalue weighted by molar-refractivity contribution is -0.112. The topological polar surface area (TPSA) is 26.3 Å². The molecule has 0 aromatic heterocycles. The van der Waals surface area contributed by atoms with Gasteiger partial charge in [-0.05, 0) is 6.92 Å². The molecule has 0 aliphatic rings. The van der Waals surface area contributed by atoms with Gasteiger partial charge in [0.05, 0.1) is 23.9 Å². The molecule has 0 spiro atoms. The molecular formula is C7H15O2S+.